The molecule has 0 radical (unpaired) electrons. The van der Waals surface area contributed by atoms with Crippen molar-refractivity contribution in [3.63, 3.8) is 0 Å². The lowest BCUT2D eigenvalue weighted by Crippen LogP contribution is -2.75. The predicted octanol–water partition coefficient (Wildman–Crippen LogP) is 5.90. The van der Waals surface area contributed by atoms with Gasteiger partial charge >= 0.3 is 17.9 Å². The highest BCUT2D eigenvalue weighted by atomic mass is 19.4. The summed E-state index contributed by atoms with van der Waals surface area (Å²) in [5.41, 5.74) is -1.01. The fourth-order valence-electron chi connectivity index (χ4n) is 10.5. The minimum atomic E-state index is -5.61. The second-order valence-electron chi connectivity index (χ2n) is 13.1. The third kappa shape index (κ3) is 2.89. The van der Waals surface area contributed by atoms with Crippen LogP contribution in [-0.4, -0.2) is 35.4 Å². The number of rotatable bonds is 2. The molecule has 0 spiro atoms. The average Bonchev–Trinajstić information content (AvgIpc) is 2.67. The fraction of sp³-hybridized carbons (Fsp3) is 1.00. The van der Waals surface area contributed by atoms with E-state index in [-0.39, 0.29) is 35.5 Å². The van der Waals surface area contributed by atoms with E-state index in [1.807, 2.05) is 0 Å². The van der Waals surface area contributed by atoms with E-state index in [9.17, 15) is 18.3 Å². The molecule has 3 unspecified atom stereocenters. The van der Waals surface area contributed by atoms with E-state index in [1.165, 1.54) is 6.42 Å². The normalized spacial score (nSPS) is 58.7. The third-order valence-electron chi connectivity index (χ3n) is 11.0. The first-order valence-corrected chi connectivity index (χ1v) is 13.0. The lowest BCUT2D eigenvalue weighted by molar-refractivity contribution is -0.522. The number of hydrogen-bond acceptors (Lipinski definition) is 3. The summed E-state index contributed by atoms with van der Waals surface area (Å²) in [6.07, 6.45) is 0.178. The van der Waals surface area contributed by atoms with Crippen molar-refractivity contribution in [2.24, 2.45) is 52.8 Å². The molecule has 8 heteroatoms. The van der Waals surface area contributed by atoms with Gasteiger partial charge in [0.15, 0.2) is 6.29 Å². The van der Waals surface area contributed by atoms with Crippen molar-refractivity contribution >= 4 is 0 Å². The van der Waals surface area contributed by atoms with Gasteiger partial charge in [-0.1, -0.05) is 0 Å². The van der Waals surface area contributed by atoms with E-state index in [4.69, 9.17) is 9.47 Å². The summed E-state index contributed by atoms with van der Waals surface area (Å²) in [5.74, 6) is -7.17. The lowest BCUT2D eigenvalue weighted by atomic mass is 9.47. The van der Waals surface area contributed by atoms with Gasteiger partial charge in [-0.3, -0.25) is 0 Å². The van der Waals surface area contributed by atoms with Crippen LogP contribution >= 0.6 is 0 Å². The van der Waals surface area contributed by atoms with Crippen molar-refractivity contribution in [3.05, 3.63) is 0 Å². The zero-order valence-corrected chi connectivity index (χ0v) is 18.7. The Balaban J connectivity index is 1.28. The van der Waals surface area contributed by atoms with E-state index >= 15 is 8.78 Å². The Morgan fingerprint density at radius 3 is 1.61 bits per heavy atom. The van der Waals surface area contributed by atoms with Crippen LogP contribution in [-0.2, 0) is 9.47 Å². The summed E-state index contributed by atoms with van der Waals surface area (Å²) in [4.78, 5) is 0. The Morgan fingerprint density at radius 1 is 0.697 bits per heavy atom. The molecular weight excluding hydrogens is 443 g/mol. The van der Waals surface area contributed by atoms with Crippen LogP contribution in [0.1, 0.15) is 70.6 Å². The molecule has 9 aliphatic rings. The molecule has 186 valence electrons. The molecule has 0 amide bonds. The van der Waals surface area contributed by atoms with Crippen LogP contribution in [0, 0.1) is 52.8 Å². The summed E-state index contributed by atoms with van der Waals surface area (Å²) in [7, 11) is 0. The quantitative estimate of drug-likeness (QED) is 0.504. The first-order chi connectivity index (χ1) is 15.5. The minimum Gasteiger partial charge on any atom is -0.354 e. The summed E-state index contributed by atoms with van der Waals surface area (Å²) in [6.45, 7) is 0. The smallest absolute Gasteiger partial charge is 0.354 e. The van der Waals surface area contributed by atoms with Crippen LogP contribution in [0.15, 0.2) is 0 Å². The average molecular weight is 477 g/mol. The zero-order chi connectivity index (χ0) is 23.0. The van der Waals surface area contributed by atoms with Gasteiger partial charge in [0, 0.05) is 11.3 Å². The molecule has 0 aromatic heterocycles. The summed E-state index contributed by atoms with van der Waals surface area (Å²) in [5, 5.41) is 10.7. The second-order valence-corrected chi connectivity index (χ2v) is 13.1. The maximum Gasteiger partial charge on any atom is 0.449 e. The molecule has 1 saturated heterocycles. The molecule has 8 saturated carbocycles. The zero-order valence-electron chi connectivity index (χ0n) is 18.7. The molecular formula is C25H33F5O3. The predicted molar refractivity (Wildman–Crippen MR) is 107 cm³/mol. The van der Waals surface area contributed by atoms with Crippen LogP contribution < -0.4 is 0 Å². The van der Waals surface area contributed by atoms with E-state index < -0.39 is 35.7 Å². The molecule has 1 heterocycles. The lowest BCUT2D eigenvalue weighted by Gasteiger charge is -2.64. The summed E-state index contributed by atoms with van der Waals surface area (Å²) in [6, 6.07) is 0. The number of halogens is 5. The number of aliphatic hydroxyl groups is 1. The number of hydrogen-bond donors (Lipinski definition) is 1. The molecule has 0 aromatic rings. The molecule has 3 nitrogen and oxygen atoms in total. The van der Waals surface area contributed by atoms with Crippen LogP contribution in [0.25, 0.3) is 0 Å². The van der Waals surface area contributed by atoms with E-state index in [2.05, 4.69) is 0 Å². The van der Waals surface area contributed by atoms with Gasteiger partial charge in [0.2, 0.25) is 0 Å². The van der Waals surface area contributed by atoms with Crippen molar-refractivity contribution in [1.29, 1.82) is 0 Å². The Kier molecular flexibility index (Phi) is 4.38. The van der Waals surface area contributed by atoms with E-state index in [0.717, 1.165) is 44.9 Å². The molecule has 1 N–H and O–H groups in total. The first-order valence-electron chi connectivity index (χ1n) is 13.0. The highest BCUT2D eigenvalue weighted by Gasteiger charge is 2.80. The van der Waals surface area contributed by atoms with Crippen molar-refractivity contribution in [3.8, 4) is 0 Å². The van der Waals surface area contributed by atoms with Gasteiger partial charge in [-0.2, -0.15) is 22.0 Å². The SMILES string of the molecule is OC1(C(F)(F)F)OC(C2C3CC4CC(C3)CC2C4)OC(C23CC4CC(CC(C4)C2)C3)C1(F)F. The molecule has 9 rings (SSSR count). The van der Waals surface area contributed by atoms with Crippen molar-refractivity contribution in [2.75, 3.05) is 0 Å². The summed E-state index contributed by atoms with van der Waals surface area (Å²) >= 11 is 0. The Labute approximate surface area is 190 Å². The Hall–Kier alpha value is -0.470. The minimum absolute atomic E-state index is 0.132. The highest BCUT2D eigenvalue weighted by Crippen LogP contribution is 2.67. The number of ether oxygens (including phenoxy) is 2. The van der Waals surface area contributed by atoms with Crippen LogP contribution in [0.2, 0.25) is 0 Å². The molecule has 0 aromatic carbocycles. The fourth-order valence-corrected chi connectivity index (χ4v) is 10.5. The van der Waals surface area contributed by atoms with Crippen LogP contribution in [0.3, 0.4) is 0 Å². The first kappa shape index (κ1) is 21.8. The van der Waals surface area contributed by atoms with Gasteiger partial charge in [0.05, 0.1) is 0 Å². The van der Waals surface area contributed by atoms with Crippen LogP contribution in [0.4, 0.5) is 22.0 Å². The number of alkyl halides is 5. The van der Waals surface area contributed by atoms with Crippen molar-refractivity contribution in [1.82, 2.24) is 0 Å². The monoisotopic (exact) mass is 476 g/mol. The Bertz CT molecular complexity index is 762. The van der Waals surface area contributed by atoms with Gasteiger partial charge in [-0.15, -0.1) is 0 Å². The van der Waals surface area contributed by atoms with Gasteiger partial charge in [-0.05, 0) is 112 Å². The second kappa shape index (κ2) is 6.64. The van der Waals surface area contributed by atoms with Gasteiger partial charge in [0.25, 0.3) is 0 Å². The molecule has 3 atom stereocenters. The van der Waals surface area contributed by atoms with Gasteiger partial charge in [-0.25, -0.2) is 0 Å². The van der Waals surface area contributed by atoms with Crippen molar-refractivity contribution in [2.45, 2.75) is 101 Å². The molecule has 1 aliphatic heterocycles. The van der Waals surface area contributed by atoms with Gasteiger partial charge in [0.1, 0.15) is 6.10 Å². The maximum atomic E-state index is 15.8. The Morgan fingerprint density at radius 2 is 1.15 bits per heavy atom. The van der Waals surface area contributed by atoms with Crippen molar-refractivity contribution < 1.29 is 36.5 Å². The molecule has 9 fully saturated rings. The standard InChI is InChI=1S/C25H33F5O3/c26-23(27)21(22-9-14-2-15(10-22)4-16(3-14)11-22)32-20(33-24(23,31)25(28,29)30)19-17-5-12-1-13(7-17)8-18(19)6-12/h12-21,31H,1-11H2. The third-order valence-corrected chi connectivity index (χ3v) is 11.0. The molecule has 33 heavy (non-hydrogen) atoms. The summed E-state index contributed by atoms with van der Waals surface area (Å²) < 4.78 is 85.2. The van der Waals surface area contributed by atoms with Crippen LogP contribution in [0.5, 0.6) is 0 Å². The largest absolute Gasteiger partial charge is 0.449 e. The molecule has 8 bridgehead atoms. The van der Waals surface area contributed by atoms with Gasteiger partial charge < -0.3 is 14.6 Å². The maximum absolute atomic E-state index is 15.8. The van der Waals surface area contributed by atoms with E-state index in [0.29, 0.717) is 31.1 Å². The molecule has 8 aliphatic carbocycles. The van der Waals surface area contributed by atoms with E-state index in [1.54, 1.807) is 0 Å². The highest BCUT2D eigenvalue weighted by molar-refractivity contribution is 5.13. The topological polar surface area (TPSA) is 38.7 Å².